The summed E-state index contributed by atoms with van der Waals surface area (Å²) in [5.74, 6) is 0.475. The molecule has 7 heteroatoms. The van der Waals surface area contributed by atoms with E-state index >= 15 is 0 Å². The van der Waals surface area contributed by atoms with Crippen LogP contribution in [0.4, 0.5) is 15.8 Å². The molecule has 0 radical (unpaired) electrons. The Bertz CT molecular complexity index is 1490. The van der Waals surface area contributed by atoms with Gasteiger partial charge in [0.05, 0.1) is 23.5 Å². The topological polar surface area (TPSA) is 47.6 Å². The third kappa shape index (κ3) is 5.25. The number of ketones is 1. The standard InChI is InChI=1S/C29H21ClFNO3S/c1-34-26-11-7-18(14-20(26)17-35-27-12-9-21(31)16-22(27)30)6-10-25(33)19-8-13-29-24(15-19)32-23-4-2-3-5-28(23)36-29/h2-16,32H,17H2,1H3/b10-6+. The number of anilines is 2. The number of carbonyl (C=O) groups is 1. The van der Waals surface area contributed by atoms with Crippen LogP contribution < -0.4 is 14.8 Å². The number of hydrogen-bond donors (Lipinski definition) is 1. The monoisotopic (exact) mass is 517 g/mol. The van der Waals surface area contributed by atoms with Crippen LogP contribution in [0, 0.1) is 5.82 Å². The summed E-state index contributed by atoms with van der Waals surface area (Å²) in [4.78, 5) is 15.2. The number of carbonyl (C=O) groups excluding carboxylic acids is 1. The zero-order valence-electron chi connectivity index (χ0n) is 19.3. The maximum atomic E-state index is 13.3. The highest BCUT2D eigenvalue weighted by molar-refractivity contribution is 7.99. The molecule has 1 N–H and O–H groups in total. The Balaban J connectivity index is 1.31. The number of nitrogens with one attached hydrogen (secondary N) is 1. The lowest BCUT2D eigenvalue weighted by atomic mass is 10.1. The lowest BCUT2D eigenvalue weighted by Crippen LogP contribution is -2.02. The number of hydrogen-bond acceptors (Lipinski definition) is 5. The van der Waals surface area contributed by atoms with Gasteiger partial charge in [0.25, 0.3) is 0 Å². The average Bonchev–Trinajstić information content (AvgIpc) is 2.89. The lowest BCUT2D eigenvalue weighted by molar-refractivity contribution is 0.104. The molecule has 5 rings (SSSR count). The van der Waals surface area contributed by atoms with Crippen molar-refractivity contribution < 1.29 is 18.7 Å². The summed E-state index contributed by atoms with van der Waals surface area (Å²) < 4.78 is 24.5. The highest BCUT2D eigenvalue weighted by atomic mass is 35.5. The number of benzene rings is 4. The highest BCUT2D eigenvalue weighted by Gasteiger charge is 2.16. The van der Waals surface area contributed by atoms with E-state index in [2.05, 4.69) is 11.4 Å². The zero-order valence-corrected chi connectivity index (χ0v) is 20.8. The maximum Gasteiger partial charge on any atom is 0.185 e. The van der Waals surface area contributed by atoms with Gasteiger partial charge >= 0.3 is 0 Å². The number of halogens is 2. The lowest BCUT2D eigenvalue weighted by Gasteiger charge is -2.20. The summed E-state index contributed by atoms with van der Waals surface area (Å²) in [7, 11) is 1.57. The van der Waals surface area contributed by atoms with Crippen LogP contribution in [0.15, 0.2) is 94.7 Å². The fourth-order valence-electron chi connectivity index (χ4n) is 3.82. The van der Waals surface area contributed by atoms with E-state index in [-0.39, 0.29) is 17.4 Å². The van der Waals surface area contributed by atoms with E-state index in [0.29, 0.717) is 17.1 Å². The molecule has 0 aliphatic carbocycles. The normalized spacial score (nSPS) is 12.0. The van der Waals surface area contributed by atoms with Crippen molar-refractivity contribution in [1.29, 1.82) is 0 Å². The fraction of sp³-hybridized carbons (Fsp3) is 0.0690. The first-order chi connectivity index (χ1) is 17.5. The van der Waals surface area contributed by atoms with Crippen LogP contribution in [-0.2, 0) is 6.61 Å². The van der Waals surface area contributed by atoms with Crippen LogP contribution in [0.2, 0.25) is 5.02 Å². The Labute approximate surface area is 217 Å². The molecule has 180 valence electrons. The summed E-state index contributed by atoms with van der Waals surface area (Å²) in [5.41, 5.74) is 4.13. The van der Waals surface area contributed by atoms with E-state index in [1.165, 1.54) is 18.2 Å². The van der Waals surface area contributed by atoms with Crippen LogP contribution in [0.1, 0.15) is 21.5 Å². The predicted molar refractivity (Wildman–Crippen MR) is 142 cm³/mol. The van der Waals surface area contributed by atoms with Crippen molar-refractivity contribution in [3.05, 3.63) is 112 Å². The van der Waals surface area contributed by atoms with Crippen LogP contribution in [0.25, 0.3) is 6.08 Å². The minimum absolute atomic E-state index is 0.102. The molecular weight excluding hydrogens is 497 g/mol. The van der Waals surface area contributed by atoms with Gasteiger partial charge in [0.2, 0.25) is 0 Å². The summed E-state index contributed by atoms with van der Waals surface area (Å²) in [6, 6.07) is 23.3. The molecule has 1 heterocycles. The molecule has 4 nitrogen and oxygen atoms in total. The van der Waals surface area contributed by atoms with Gasteiger partial charge in [0.1, 0.15) is 23.9 Å². The summed E-state index contributed by atoms with van der Waals surface area (Å²) in [6.07, 6.45) is 3.31. The van der Waals surface area contributed by atoms with Crippen LogP contribution in [0.5, 0.6) is 11.5 Å². The molecule has 1 aliphatic rings. The van der Waals surface area contributed by atoms with E-state index in [1.54, 1.807) is 31.0 Å². The van der Waals surface area contributed by atoms with Gasteiger partial charge < -0.3 is 14.8 Å². The second-order valence-electron chi connectivity index (χ2n) is 8.07. The number of allylic oxidation sites excluding steroid dienone is 1. The third-order valence-electron chi connectivity index (χ3n) is 5.65. The van der Waals surface area contributed by atoms with Crippen molar-refractivity contribution in [2.75, 3.05) is 12.4 Å². The molecule has 0 atom stereocenters. The van der Waals surface area contributed by atoms with Crippen molar-refractivity contribution in [2.45, 2.75) is 16.4 Å². The first kappa shape index (κ1) is 24.0. The van der Waals surface area contributed by atoms with Crippen LogP contribution in [-0.4, -0.2) is 12.9 Å². The molecule has 4 aromatic carbocycles. The van der Waals surface area contributed by atoms with Crippen molar-refractivity contribution in [2.24, 2.45) is 0 Å². The van der Waals surface area contributed by atoms with Gasteiger partial charge in [-0.05, 0) is 72.3 Å². The fourth-order valence-corrected chi connectivity index (χ4v) is 5.01. The summed E-state index contributed by atoms with van der Waals surface area (Å²) in [5, 5.41) is 3.60. The molecular formula is C29H21ClFNO3S. The molecule has 0 fully saturated rings. The highest BCUT2D eigenvalue weighted by Crippen LogP contribution is 2.44. The number of rotatable bonds is 7. The second kappa shape index (κ2) is 10.5. The second-order valence-corrected chi connectivity index (χ2v) is 9.56. The van der Waals surface area contributed by atoms with E-state index < -0.39 is 5.82 Å². The Hall–Kier alpha value is -3.74. The molecule has 0 aromatic heterocycles. The molecule has 0 saturated heterocycles. The zero-order chi connectivity index (χ0) is 25.1. The first-order valence-electron chi connectivity index (χ1n) is 11.2. The Morgan fingerprint density at radius 2 is 1.78 bits per heavy atom. The van der Waals surface area contributed by atoms with Crippen molar-refractivity contribution >= 4 is 46.6 Å². The largest absolute Gasteiger partial charge is 0.496 e. The molecule has 1 aliphatic heterocycles. The molecule has 36 heavy (non-hydrogen) atoms. The van der Waals surface area contributed by atoms with Crippen molar-refractivity contribution in [1.82, 2.24) is 0 Å². The maximum absolute atomic E-state index is 13.3. The van der Waals surface area contributed by atoms with Crippen LogP contribution in [0.3, 0.4) is 0 Å². The minimum atomic E-state index is -0.431. The van der Waals surface area contributed by atoms with E-state index in [1.807, 2.05) is 54.6 Å². The summed E-state index contributed by atoms with van der Waals surface area (Å²) in [6.45, 7) is 0.166. The molecule has 0 amide bonds. The van der Waals surface area contributed by atoms with E-state index in [9.17, 15) is 9.18 Å². The Kier molecular flexibility index (Phi) is 6.98. The molecule has 0 saturated carbocycles. The number of methoxy groups -OCH3 is 1. The minimum Gasteiger partial charge on any atom is -0.496 e. The van der Waals surface area contributed by atoms with Gasteiger partial charge in [-0.3, -0.25) is 4.79 Å². The molecule has 0 unspecified atom stereocenters. The number of fused-ring (bicyclic) bond motifs is 2. The van der Waals surface area contributed by atoms with Gasteiger partial charge in [-0.1, -0.05) is 47.6 Å². The predicted octanol–water partition coefficient (Wildman–Crippen LogP) is 8.17. The molecule has 0 spiro atoms. The Morgan fingerprint density at radius 1 is 0.972 bits per heavy atom. The van der Waals surface area contributed by atoms with Crippen molar-refractivity contribution in [3.63, 3.8) is 0 Å². The SMILES string of the molecule is COc1ccc(/C=C/C(=O)c2ccc3c(c2)Nc2ccccc2S3)cc1COc1ccc(F)cc1Cl. The van der Waals surface area contributed by atoms with Gasteiger partial charge in [-0.15, -0.1) is 0 Å². The number of ether oxygens (including phenoxy) is 2. The molecule has 4 aromatic rings. The van der Waals surface area contributed by atoms with E-state index in [0.717, 1.165) is 32.3 Å². The van der Waals surface area contributed by atoms with Gasteiger partial charge in [-0.2, -0.15) is 0 Å². The summed E-state index contributed by atoms with van der Waals surface area (Å²) >= 11 is 7.74. The average molecular weight is 518 g/mol. The Morgan fingerprint density at radius 3 is 2.61 bits per heavy atom. The third-order valence-corrected chi connectivity index (χ3v) is 7.10. The van der Waals surface area contributed by atoms with Gasteiger partial charge in [0, 0.05) is 20.9 Å². The smallest absolute Gasteiger partial charge is 0.185 e. The quantitative estimate of drug-likeness (QED) is 0.174. The van der Waals surface area contributed by atoms with E-state index in [4.69, 9.17) is 21.1 Å². The van der Waals surface area contributed by atoms with Gasteiger partial charge in [0.15, 0.2) is 5.78 Å². The number of para-hydroxylation sites is 1. The van der Waals surface area contributed by atoms with Gasteiger partial charge in [-0.25, -0.2) is 4.39 Å². The van der Waals surface area contributed by atoms with Crippen LogP contribution >= 0.6 is 23.4 Å². The van der Waals surface area contributed by atoms with Crippen molar-refractivity contribution in [3.8, 4) is 11.5 Å². The molecule has 0 bridgehead atoms. The first-order valence-corrected chi connectivity index (χ1v) is 12.3.